The first kappa shape index (κ1) is 36.7. The van der Waals surface area contributed by atoms with Gasteiger partial charge in [0.25, 0.3) is 0 Å². The zero-order valence-electron chi connectivity index (χ0n) is 27.2. The van der Waals surface area contributed by atoms with Gasteiger partial charge in [-0.15, -0.1) is 0 Å². The highest BCUT2D eigenvalue weighted by Gasteiger charge is 2.24. The summed E-state index contributed by atoms with van der Waals surface area (Å²) in [6.45, 7) is 4.31. The third-order valence-electron chi connectivity index (χ3n) is 8.00. The molecule has 1 atom stereocenters. The normalized spacial score (nSPS) is 14.8. The van der Waals surface area contributed by atoms with Gasteiger partial charge in [-0.2, -0.15) is 9.97 Å². The Bertz CT molecular complexity index is 1080. The minimum Gasteiger partial charge on any atom is -0.381 e. The second-order valence-corrected chi connectivity index (χ2v) is 14.0. The second kappa shape index (κ2) is 21.9. The van der Waals surface area contributed by atoms with E-state index in [0.717, 1.165) is 25.9 Å². The van der Waals surface area contributed by atoms with Crippen molar-refractivity contribution < 1.29 is 23.5 Å². The summed E-state index contributed by atoms with van der Waals surface area (Å²) in [5.41, 5.74) is 7.13. The third kappa shape index (κ3) is 16.0. The molecule has 0 spiro atoms. The SMILES string of the molecule is CCCCCCCCCCCCCCCCCCOCCCOP(=O)(O)COCCn1cnc2c(NC3CC3)nc(N)nc21. The summed E-state index contributed by atoms with van der Waals surface area (Å²) in [5.74, 6) is 0.808. The fourth-order valence-corrected chi connectivity index (χ4v) is 6.10. The monoisotopic (exact) mass is 638 g/mol. The van der Waals surface area contributed by atoms with Crippen molar-refractivity contribution in [2.75, 3.05) is 43.8 Å². The smallest absolute Gasteiger partial charge is 0.353 e. The first-order valence-electron chi connectivity index (χ1n) is 17.3. The number of anilines is 2. The van der Waals surface area contributed by atoms with Gasteiger partial charge in [-0.3, -0.25) is 4.57 Å². The van der Waals surface area contributed by atoms with Gasteiger partial charge in [0.15, 0.2) is 17.0 Å². The van der Waals surface area contributed by atoms with Crippen LogP contribution in [0.2, 0.25) is 0 Å². The second-order valence-electron chi connectivity index (χ2n) is 12.2. The number of aromatic nitrogens is 4. The first-order chi connectivity index (χ1) is 21.5. The van der Waals surface area contributed by atoms with E-state index in [1.54, 1.807) is 10.9 Å². The summed E-state index contributed by atoms with van der Waals surface area (Å²) in [6, 6.07) is 0.412. The first-order valence-corrected chi connectivity index (χ1v) is 19.1. The van der Waals surface area contributed by atoms with E-state index in [1.807, 2.05) is 0 Å². The molecule has 252 valence electrons. The van der Waals surface area contributed by atoms with Crippen LogP contribution in [0.5, 0.6) is 0 Å². The molecule has 0 saturated heterocycles. The Morgan fingerprint density at radius 3 is 2.05 bits per heavy atom. The van der Waals surface area contributed by atoms with Crippen LogP contribution in [0.3, 0.4) is 0 Å². The minimum absolute atomic E-state index is 0.162. The van der Waals surface area contributed by atoms with E-state index in [9.17, 15) is 9.46 Å². The van der Waals surface area contributed by atoms with E-state index in [-0.39, 0.29) is 25.5 Å². The Kier molecular flexibility index (Phi) is 18.2. The van der Waals surface area contributed by atoms with Crippen LogP contribution in [-0.4, -0.2) is 63.2 Å². The van der Waals surface area contributed by atoms with Gasteiger partial charge < -0.3 is 34.5 Å². The van der Waals surface area contributed by atoms with Gasteiger partial charge in [-0.05, 0) is 25.7 Å². The quantitative estimate of drug-likeness (QED) is 0.0595. The molecule has 12 heteroatoms. The molecule has 1 aliphatic rings. The molecule has 2 heterocycles. The molecule has 1 fully saturated rings. The van der Waals surface area contributed by atoms with Gasteiger partial charge in [0.05, 0.1) is 19.5 Å². The van der Waals surface area contributed by atoms with E-state index in [4.69, 9.17) is 19.7 Å². The summed E-state index contributed by atoms with van der Waals surface area (Å²) in [6.07, 6.45) is 25.7. The molecule has 2 aromatic rings. The number of hydrogen-bond acceptors (Lipinski definition) is 9. The van der Waals surface area contributed by atoms with Gasteiger partial charge in [0.2, 0.25) is 5.95 Å². The Labute approximate surface area is 265 Å². The predicted molar refractivity (Wildman–Crippen MR) is 178 cm³/mol. The topological polar surface area (TPSA) is 147 Å². The zero-order chi connectivity index (χ0) is 31.3. The lowest BCUT2D eigenvalue weighted by molar-refractivity contribution is 0.106. The molecule has 0 aromatic carbocycles. The summed E-state index contributed by atoms with van der Waals surface area (Å²) in [4.78, 5) is 23.0. The van der Waals surface area contributed by atoms with Gasteiger partial charge in [-0.25, -0.2) is 4.98 Å². The van der Waals surface area contributed by atoms with E-state index in [1.165, 1.54) is 96.3 Å². The van der Waals surface area contributed by atoms with Crippen LogP contribution in [0.1, 0.15) is 129 Å². The molecule has 44 heavy (non-hydrogen) atoms. The van der Waals surface area contributed by atoms with Crippen molar-refractivity contribution in [2.45, 2.75) is 142 Å². The van der Waals surface area contributed by atoms with Gasteiger partial charge in [-0.1, -0.05) is 103 Å². The van der Waals surface area contributed by atoms with Crippen LogP contribution in [-0.2, 0) is 25.1 Å². The highest BCUT2D eigenvalue weighted by atomic mass is 31.2. The highest BCUT2D eigenvalue weighted by molar-refractivity contribution is 7.52. The molecule has 0 amide bonds. The van der Waals surface area contributed by atoms with Gasteiger partial charge in [0.1, 0.15) is 6.35 Å². The maximum absolute atomic E-state index is 12.3. The zero-order valence-corrected chi connectivity index (χ0v) is 28.1. The molecular weight excluding hydrogens is 579 g/mol. The number of nitrogens with zero attached hydrogens (tertiary/aromatic N) is 4. The number of nitrogens with two attached hydrogens (primary N) is 1. The van der Waals surface area contributed by atoms with Crippen molar-refractivity contribution in [3.63, 3.8) is 0 Å². The van der Waals surface area contributed by atoms with Gasteiger partial charge in [0, 0.05) is 25.8 Å². The summed E-state index contributed by atoms with van der Waals surface area (Å²) in [7, 11) is -3.83. The molecular formula is C32H59N6O5P. The Hall–Kier alpha value is -1.78. The number of fused-ring (bicyclic) bond motifs is 1. The number of unbranched alkanes of at least 4 members (excludes halogenated alkanes) is 15. The number of nitrogen functional groups attached to an aromatic ring is 1. The molecule has 0 radical (unpaired) electrons. The summed E-state index contributed by atoms with van der Waals surface area (Å²) >= 11 is 0. The van der Waals surface area contributed by atoms with Crippen molar-refractivity contribution in [3.8, 4) is 0 Å². The molecule has 0 bridgehead atoms. The molecule has 1 aliphatic carbocycles. The fourth-order valence-electron chi connectivity index (χ4n) is 5.25. The lowest BCUT2D eigenvalue weighted by atomic mass is 10.0. The summed E-state index contributed by atoms with van der Waals surface area (Å²) < 4.78 is 30.4. The molecule has 1 saturated carbocycles. The summed E-state index contributed by atoms with van der Waals surface area (Å²) in [5, 5.41) is 3.33. The lowest BCUT2D eigenvalue weighted by Crippen LogP contribution is -2.10. The van der Waals surface area contributed by atoms with Crippen molar-refractivity contribution in [1.82, 2.24) is 19.5 Å². The van der Waals surface area contributed by atoms with E-state index >= 15 is 0 Å². The van der Waals surface area contributed by atoms with E-state index in [0.29, 0.717) is 42.6 Å². The van der Waals surface area contributed by atoms with Crippen molar-refractivity contribution >= 4 is 30.5 Å². The van der Waals surface area contributed by atoms with Crippen LogP contribution >= 0.6 is 7.60 Å². The molecule has 1 unspecified atom stereocenters. The van der Waals surface area contributed by atoms with Crippen molar-refractivity contribution in [2.24, 2.45) is 0 Å². The molecule has 11 nitrogen and oxygen atoms in total. The predicted octanol–water partition coefficient (Wildman–Crippen LogP) is 7.83. The highest BCUT2D eigenvalue weighted by Crippen LogP contribution is 2.41. The third-order valence-corrected chi connectivity index (χ3v) is 9.09. The van der Waals surface area contributed by atoms with E-state index < -0.39 is 7.60 Å². The Balaban J connectivity index is 1.08. The molecule has 3 rings (SSSR count). The van der Waals surface area contributed by atoms with Crippen LogP contribution in [0.25, 0.3) is 11.2 Å². The number of hydrogen-bond donors (Lipinski definition) is 3. The van der Waals surface area contributed by atoms with Crippen LogP contribution in [0, 0.1) is 0 Å². The van der Waals surface area contributed by atoms with Crippen LogP contribution < -0.4 is 11.1 Å². The molecule has 4 N–H and O–H groups in total. The lowest BCUT2D eigenvalue weighted by Gasteiger charge is -2.13. The minimum atomic E-state index is -3.83. The Morgan fingerprint density at radius 2 is 1.43 bits per heavy atom. The average molecular weight is 639 g/mol. The van der Waals surface area contributed by atoms with Crippen LogP contribution in [0.15, 0.2) is 6.33 Å². The molecule has 0 aliphatic heterocycles. The largest absolute Gasteiger partial charge is 0.381 e. The average Bonchev–Trinajstić information content (AvgIpc) is 3.73. The van der Waals surface area contributed by atoms with Crippen molar-refractivity contribution in [1.29, 1.82) is 0 Å². The standard InChI is InChI=1S/C32H59N6O5P/c1-2-3-4-5-6-7-8-9-10-11-12-13-14-15-16-17-22-41-23-18-24-43-44(39,40)27-42-25-21-38-26-34-29-30(35-28-19-20-28)36-32(33)37-31(29)38/h26,28H,2-25,27H2,1H3,(H,39,40)(H3,33,35,36,37). The molecule has 2 aromatic heterocycles. The number of ether oxygens (including phenoxy) is 2. The number of nitrogens with one attached hydrogen (secondary N) is 1. The maximum atomic E-state index is 12.3. The number of imidazole rings is 1. The fraction of sp³-hybridized carbons (Fsp3) is 0.844. The van der Waals surface area contributed by atoms with Crippen molar-refractivity contribution in [3.05, 3.63) is 6.33 Å². The van der Waals surface area contributed by atoms with Gasteiger partial charge >= 0.3 is 7.60 Å². The number of rotatable bonds is 29. The Morgan fingerprint density at radius 1 is 0.841 bits per heavy atom. The van der Waals surface area contributed by atoms with Crippen LogP contribution in [0.4, 0.5) is 11.8 Å². The maximum Gasteiger partial charge on any atom is 0.353 e. The van der Waals surface area contributed by atoms with E-state index in [2.05, 4.69) is 27.2 Å².